The van der Waals surface area contributed by atoms with Crippen LogP contribution in [0.25, 0.3) is 0 Å². The summed E-state index contributed by atoms with van der Waals surface area (Å²) in [6, 6.07) is 2.80. The van der Waals surface area contributed by atoms with E-state index in [0.29, 0.717) is 11.4 Å². The van der Waals surface area contributed by atoms with Crippen LogP contribution in [0.15, 0.2) is 28.9 Å². The highest BCUT2D eigenvalue weighted by Gasteiger charge is 2.11. The predicted octanol–water partition coefficient (Wildman–Crippen LogP) is 0.482. The summed E-state index contributed by atoms with van der Waals surface area (Å²) in [5.74, 6) is -0.369. The molecule has 0 fully saturated rings. The Hall–Kier alpha value is -2.84. The Kier molecular flexibility index (Phi) is 3.46. The van der Waals surface area contributed by atoms with E-state index in [1.807, 2.05) is 0 Å². The van der Waals surface area contributed by atoms with Crippen molar-refractivity contribution >= 4 is 17.5 Å². The van der Waals surface area contributed by atoms with Crippen LogP contribution in [0.4, 0.5) is 11.6 Å². The fourth-order valence-electron chi connectivity index (χ4n) is 1.45. The van der Waals surface area contributed by atoms with Gasteiger partial charge in [-0.3, -0.25) is 19.6 Å². The summed E-state index contributed by atoms with van der Waals surface area (Å²) in [5, 5.41) is 17.3. The third kappa shape index (κ3) is 3.31. The number of carbonyl (C=O) groups is 1. The van der Waals surface area contributed by atoms with Crippen molar-refractivity contribution in [2.75, 3.05) is 5.32 Å². The molecule has 0 saturated heterocycles. The van der Waals surface area contributed by atoms with Gasteiger partial charge in [0.1, 0.15) is 17.2 Å². The van der Waals surface area contributed by atoms with Crippen molar-refractivity contribution in [3.63, 3.8) is 0 Å². The summed E-state index contributed by atoms with van der Waals surface area (Å²) in [7, 11) is 0. The number of nitrogens with zero attached hydrogens (tertiary/aromatic N) is 3. The van der Waals surface area contributed by atoms with Crippen LogP contribution in [-0.4, -0.2) is 20.6 Å². The molecule has 0 bridgehead atoms. The molecule has 9 nitrogen and oxygen atoms in total. The van der Waals surface area contributed by atoms with Gasteiger partial charge in [-0.2, -0.15) is 5.10 Å². The number of rotatable bonds is 6. The molecule has 0 saturated carbocycles. The first-order chi connectivity index (χ1) is 9.04. The molecular formula is C10H11N5O4. The van der Waals surface area contributed by atoms with Gasteiger partial charge in [-0.05, 0) is 6.07 Å². The zero-order valence-electron chi connectivity index (χ0n) is 9.78. The lowest BCUT2D eigenvalue weighted by atomic mass is 10.4. The number of carbonyl (C=O) groups excluding carboxylic acids is 1. The zero-order chi connectivity index (χ0) is 13.8. The number of nitrogens with two attached hydrogens (primary N) is 1. The second kappa shape index (κ2) is 5.21. The Bertz CT molecular complexity index is 603. The van der Waals surface area contributed by atoms with Crippen LogP contribution in [-0.2, 0) is 17.9 Å². The number of nitro groups is 1. The SMILES string of the molecule is NC(=O)Cn1cc(NCc2ccc([N+](=O)[O-])o2)cn1. The van der Waals surface area contributed by atoms with Crippen LogP contribution in [0.1, 0.15) is 5.76 Å². The van der Waals surface area contributed by atoms with Gasteiger partial charge in [0.05, 0.1) is 24.5 Å². The summed E-state index contributed by atoms with van der Waals surface area (Å²) in [4.78, 5) is 20.5. The molecule has 0 aliphatic rings. The molecule has 0 radical (unpaired) electrons. The topological polar surface area (TPSA) is 129 Å². The van der Waals surface area contributed by atoms with Crippen LogP contribution < -0.4 is 11.1 Å². The number of aromatic nitrogens is 2. The van der Waals surface area contributed by atoms with Gasteiger partial charge in [-0.15, -0.1) is 0 Å². The largest absolute Gasteiger partial charge is 0.433 e. The third-order valence-electron chi connectivity index (χ3n) is 2.25. The number of amides is 1. The van der Waals surface area contributed by atoms with E-state index in [9.17, 15) is 14.9 Å². The van der Waals surface area contributed by atoms with Crippen LogP contribution in [0.3, 0.4) is 0 Å². The third-order valence-corrected chi connectivity index (χ3v) is 2.25. The molecule has 0 aromatic carbocycles. The maximum Gasteiger partial charge on any atom is 0.433 e. The molecule has 2 aromatic rings. The monoisotopic (exact) mass is 265 g/mol. The quantitative estimate of drug-likeness (QED) is 0.577. The van der Waals surface area contributed by atoms with Gasteiger partial charge in [0, 0.05) is 6.20 Å². The molecule has 2 aromatic heterocycles. The minimum absolute atomic E-state index is 0.00605. The summed E-state index contributed by atoms with van der Waals surface area (Å²) in [5.41, 5.74) is 5.68. The molecule has 9 heteroatoms. The van der Waals surface area contributed by atoms with E-state index in [4.69, 9.17) is 10.2 Å². The highest BCUT2D eigenvalue weighted by atomic mass is 16.6. The molecule has 19 heavy (non-hydrogen) atoms. The van der Waals surface area contributed by atoms with Crippen molar-refractivity contribution in [2.24, 2.45) is 5.73 Å². The first-order valence-corrected chi connectivity index (χ1v) is 5.32. The highest BCUT2D eigenvalue weighted by molar-refractivity contribution is 5.73. The summed E-state index contributed by atoms with van der Waals surface area (Å²) in [6.45, 7) is 0.268. The molecule has 2 heterocycles. The molecule has 0 aliphatic carbocycles. The second-order valence-electron chi connectivity index (χ2n) is 3.74. The van der Waals surface area contributed by atoms with Crippen molar-refractivity contribution in [3.05, 3.63) is 40.4 Å². The molecule has 2 rings (SSSR count). The minimum atomic E-state index is -0.603. The van der Waals surface area contributed by atoms with E-state index in [1.54, 1.807) is 6.20 Å². The molecule has 0 atom stereocenters. The van der Waals surface area contributed by atoms with Crippen molar-refractivity contribution in [3.8, 4) is 0 Å². The van der Waals surface area contributed by atoms with Crippen LogP contribution in [0.5, 0.6) is 0 Å². The molecule has 3 N–H and O–H groups in total. The van der Waals surface area contributed by atoms with Crippen molar-refractivity contribution in [2.45, 2.75) is 13.1 Å². The van der Waals surface area contributed by atoms with Crippen molar-refractivity contribution in [1.29, 1.82) is 0 Å². The van der Waals surface area contributed by atoms with Crippen LogP contribution >= 0.6 is 0 Å². The standard InChI is InChI=1S/C10H11N5O4/c11-9(16)6-14-5-7(3-13-14)12-4-8-1-2-10(19-8)15(17)18/h1-3,5,12H,4,6H2,(H2,11,16). The van der Waals surface area contributed by atoms with Gasteiger partial charge in [-0.1, -0.05) is 0 Å². The van der Waals surface area contributed by atoms with Gasteiger partial charge < -0.3 is 15.5 Å². The van der Waals surface area contributed by atoms with Gasteiger partial charge in [0.15, 0.2) is 0 Å². The Balaban J connectivity index is 1.92. The Morgan fingerprint density at radius 3 is 3.00 bits per heavy atom. The average Bonchev–Trinajstić information content (AvgIpc) is 2.94. The van der Waals surface area contributed by atoms with Gasteiger partial charge in [0.25, 0.3) is 0 Å². The Morgan fingerprint density at radius 2 is 2.37 bits per heavy atom. The Morgan fingerprint density at radius 1 is 1.58 bits per heavy atom. The first-order valence-electron chi connectivity index (χ1n) is 5.32. The number of hydrogen-bond donors (Lipinski definition) is 2. The molecule has 0 unspecified atom stereocenters. The van der Waals surface area contributed by atoms with E-state index < -0.39 is 10.8 Å². The lowest BCUT2D eigenvalue weighted by Crippen LogP contribution is -2.18. The number of nitrogens with one attached hydrogen (secondary N) is 1. The highest BCUT2D eigenvalue weighted by Crippen LogP contribution is 2.16. The average molecular weight is 265 g/mol. The maximum absolute atomic E-state index is 10.7. The van der Waals surface area contributed by atoms with Gasteiger partial charge in [-0.25, -0.2) is 0 Å². The number of hydrogen-bond acceptors (Lipinski definition) is 6. The smallest absolute Gasteiger partial charge is 0.404 e. The van der Waals surface area contributed by atoms with E-state index in [-0.39, 0.29) is 19.0 Å². The van der Waals surface area contributed by atoms with E-state index in [2.05, 4.69) is 10.4 Å². The molecule has 0 aliphatic heterocycles. The Labute approximate surface area is 107 Å². The van der Waals surface area contributed by atoms with Gasteiger partial charge in [0.2, 0.25) is 5.91 Å². The predicted molar refractivity (Wildman–Crippen MR) is 64.1 cm³/mol. The minimum Gasteiger partial charge on any atom is -0.404 e. The fraction of sp³-hybridized carbons (Fsp3) is 0.200. The maximum atomic E-state index is 10.7. The molecule has 100 valence electrons. The summed E-state index contributed by atoms with van der Waals surface area (Å²) >= 11 is 0. The molecular weight excluding hydrogens is 254 g/mol. The van der Waals surface area contributed by atoms with E-state index in [1.165, 1.54) is 23.0 Å². The van der Waals surface area contributed by atoms with Crippen LogP contribution in [0.2, 0.25) is 0 Å². The van der Waals surface area contributed by atoms with Crippen molar-refractivity contribution < 1.29 is 14.1 Å². The lowest BCUT2D eigenvalue weighted by Gasteiger charge is -1.99. The second-order valence-corrected chi connectivity index (χ2v) is 3.74. The fourth-order valence-corrected chi connectivity index (χ4v) is 1.45. The summed E-state index contributed by atoms with van der Waals surface area (Å²) < 4.78 is 6.36. The van der Waals surface area contributed by atoms with E-state index in [0.717, 1.165) is 0 Å². The molecule has 1 amide bonds. The summed E-state index contributed by atoms with van der Waals surface area (Å²) in [6.07, 6.45) is 3.11. The van der Waals surface area contributed by atoms with E-state index >= 15 is 0 Å². The van der Waals surface area contributed by atoms with Crippen LogP contribution in [0, 0.1) is 10.1 Å². The zero-order valence-corrected chi connectivity index (χ0v) is 9.78. The lowest BCUT2D eigenvalue weighted by molar-refractivity contribution is -0.402. The number of furan rings is 1. The van der Waals surface area contributed by atoms with Gasteiger partial charge >= 0.3 is 5.88 Å². The number of anilines is 1. The normalized spacial score (nSPS) is 10.3. The van der Waals surface area contributed by atoms with Crippen molar-refractivity contribution in [1.82, 2.24) is 9.78 Å². The number of primary amides is 1. The first kappa shape index (κ1) is 12.6. The molecule has 0 spiro atoms.